The van der Waals surface area contributed by atoms with Crippen molar-refractivity contribution in [3.8, 4) is 18.0 Å². The van der Waals surface area contributed by atoms with Gasteiger partial charge in [0.1, 0.15) is 12.7 Å². The molecule has 96 valence electrons. The lowest BCUT2D eigenvalue weighted by molar-refractivity contribution is 0.402. The Morgan fingerprint density at radius 2 is 2.05 bits per heavy atom. The Kier molecular flexibility index (Phi) is 2.80. The average molecular weight is 279 g/mol. The fourth-order valence-corrected chi connectivity index (χ4v) is 1.46. The molecule has 0 bridgehead atoms. The predicted molar refractivity (Wildman–Crippen MR) is 63.0 cm³/mol. The van der Waals surface area contributed by atoms with Crippen LogP contribution >= 0.6 is 11.6 Å². The molecular formula is C9H7ClN8O. The van der Waals surface area contributed by atoms with Gasteiger partial charge < -0.3 is 4.74 Å². The molecule has 0 spiro atoms. The van der Waals surface area contributed by atoms with Gasteiger partial charge in [-0.2, -0.15) is 19.9 Å². The minimum absolute atomic E-state index is 0.00429. The summed E-state index contributed by atoms with van der Waals surface area (Å²) in [5.74, 6) is 0.295. The number of aromatic nitrogens is 8. The van der Waals surface area contributed by atoms with Crippen LogP contribution in [0.2, 0.25) is 5.28 Å². The highest BCUT2D eigenvalue weighted by Gasteiger charge is 2.10. The van der Waals surface area contributed by atoms with Crippen LogP contribution in [-0.4, -0.2) is 39.3 Å². The Morgan fingerprint density at radius 3 is 2.74 bits per heavy atom. The average Bonchev–Trinajstić information content (AvgIpc) is 3.00. The molecule has 0 atom stereocenters. The van der Waals surface area contributed by atoms with Gasteiger partial charge in [0, 0.05) is 19.4 Å². The standard InChI is InChI=1S/C9H7ClN8O/c1-17-5-12-8(16-17)19-9-14-6(10)13-7(15-9)18-3-2-11-4-18/h2-5H,1H3. The summed E-state index contributed by atoms with van der Waals surface area (Å²) >= 11 is 5.82. The molecule has 0 aromatic carbocycles. The molecule has 0 amide bonds. The predicted octanol–water partition coefficient (Wildman–Crippen LogP) is 0.631. The highest BCUT2D eigenvalue weighted by atomic mass is 35.5. The Hall–Kier alpha value is -2.55. The van der Waals surface area contributed by atoms with Crippen LogP contribution in [-0.2, 0) is 7.05 Å². The van der Waals surface area contributed by atoms with Crippen molar-refractivity contribution in [3.63, 3.8) is 0 Å². The van der Waals surface area contributed by atoms with E-state index in [-0.39, 0.29) is 17.3 Å². The first-order valence-electron chi connectivity index (χ1n) is 5.14. The quantitative estimate of drug-likeness (QED) is 0.693. The van der Waals surface area contributed by atoms with Crippen molar-refractivity contribution in [1.82, 2.24) is 39.3 Å². The van der Waals surface area contributed by atoms with E-state index in [4.69, 9.17) is 16.3 Å². The highest BCUT2D eigenvalue weighted by molar-refractivity contribution is 6.28. The van der Waals surface area contributed by atoms with Crippen molar-refractivity contribution in [1.29, 1.82) is 0 Å². The van der Waals surface area contributed by atoms with Crippen molar-refractivity contribution >= 4 is 11.6 Å². The van der Waals surface area contributed by atoms with Gasteiger partial charge in [-0.1, -0.05) is 0 Å². The number of imidazole rings is 1. The smallest absolute Gasteiger partial charge is 0.343 e. The zero-order valence-corrected chi connectivity index (χ0v) is 10.4. The minimum atomic E-state index is 0.00429. The van der Waals surface area contributed by atoms with Crippen molar-refractivity contribution in [2.24, 2.45) is 7.05 Å². The van der Waals surface area contributed by atoms with E-state index >= 15 is 0 Å². The maximum absolute atomic E-state index is 5.82. The summed E-state index contributed by atoms with van der Waals surface area (Å²) < 4.78 is 8.37. The number of hydrogen-bond donors (Lipinski definition) is 0. The van der Waals surface area contributed by atoms with Crippen LogP contribution in [0.4, 0.5) is 0 Å². The Labute approximate surface area is 111 Å². The molecule has 0 saturated carbocycles. The lowest BCUT2D eigenvalue weighted by atomic mass is 10.8. The molecule has 9 nitrogen and oxygen atoms in total. The summed E-state index contributed by atoms with van der Waals surface area (Å²) in [6.07, 6.45) is 6.30. The lowest BCUT2D eigenvalue weighted by Gasteiger charge is -2.03. The van der Waals surface area contributed by atoms with Crippen molar-refractivity contribution in [2.45, 2.75) is 0 Å². The van der Waals surface area contributed by atoms with Gasteiger partial charge in [-0.3, -0.25) is 9.25 Å². The topological polar surface area (TPSA) is 96.4 Å². The van der Waals surface area contributed by atoms with Crippen molar-refractivity contribution < 1.29 is 4.74 Å². The van der Waals surface area contributed by atoms with E-state index in [2.05, 4.69) is 30.0 Å². The zero-order chi connectivity index (χ0) is 13.2. The van der Waals surface area contributed by atoms with Crippen LogP contribution in [0.5, 0.6) is 12.0 Å². The zero-order valence-electron chi connectivity index (χ0n) is 9.67. The fourth-order valence-electron chi connectivity index (χ4n) is 1.31. The largest absolute Gasteiger partial charge is 0.387 e. The Balaban J connectivity index is 1.94. The highest BCUT2D eigenvalue weighted by Crippen LogP contribution is 2.15. The molecule has 10 heteroatoms. The number of nitrogens with zero attached hydrogens (tertiary/aromatic N) is 8. The van der Waals surface area contributed by atoms with E-state index < -0.39 is 0 Å². The molecule has 0 aliphatic carbocycles. The summed E-state index contributed by atoms with van der Waals surface area (Å²) in [7, 11) is 1.72. The lowest BCUT2D eigenvalue weighted by Crippen LogP contribution is -2.03. The van der Waals surface area contributed by atoms with Crippen LogP contribution in [0.25, 0.3) is 5.95 Å². The van der Waals surface area contributed by atoms with E-state index in [1.807, 2.05) is 0 Å². The maximum Gasteiger partial charge on any atom is 0.343 e. The Bertz CT molecular complexity index is 694. The van der Waals surface area contributed by atoms with Gasteiger partial charge in [-0.15, -0.1) is 5.10 Å². The molecule has 19 heavy (non-hydrogen) atoms. The van der Waals surface area contributed by atoms with Gasteiger partial charge in [0.2, 0.25) is 11.2 Å². The molecule has 0 saturated heterocycles. The third-order valence-corrected chi connectivity index (χ3v) is 2.24. The van der Waals surface area contributed by atoms with Gasteiger partial charge in [0.15, 0.2) is 0 Å². The third-order valence-electron chi connectivity index (χ3n) is 2.07. The molecule has 0 N–H and O–H groups in total. The molecule has 3 aromatic heterocycles. The van der Waals surface area contributed by atoms with Crippen molar-refractivity contribution in [2.75, 3.05) is 0 Å². The SMILES string of the molecule is Cn1cnc(Oc2nc(Cl)nc(-n3ccnc3)n2)n1. The van der Waals surface area contributed by atoms with E-state index in [9.17, 15) is 0 Å². The van der Waals surface area contributed by atoms with Gasteiger partial charge >= 0.3 is 12.0 Å². The van der Waals surface area contributed by atoms with Crippen LogP contribution in [0.1, 0.15) is 0 Å². The third kappa shape index (κ3) is 2.50. The maximum atomic E-state index is 5.82. The number of hydrogen-bond acceptors (Lipinski definition) is 7. The summed E-state index contributed by atoms with van der Waals surface area (Å²) in [4.78, 5) is 19.7. The summed E-state index contributed by atoms with van der Waals surface area (Å²) in [5, 5.41) is 3.95. The Morgan fingerprint density at radius 1 is 1.16 bits per heavy atom. The van der Waals surface area contributed by atoms with Gasteiger partial charge in [0.25, 0.3) is 0 Å². The summed E-state index contributed by atoms with van der Waals surface area (Å²) in [6, 6.07) is 0.135. The number of aryl methyl sites for hydroxylation is 1. The molecule has 3 heterocycles. The van der Waals surface area contributed by atoms with E-state index in [0.717, 1.165) is 0 Å². The number of ether oxygens (including phenoxy) is 1. The molecule has 3 aromatic rings. The first-order chi connectivity index (χ1) is 9.20. The monoisotopic (exact) mass is 278 g/mol. The second kappa shape index (κ2) is 4.61. The summed E-state index contributed by atoms with van der Waals surface area (Å²) in [5.41, 5.74) is 0. The summed E-state index contributed by atoms with van der Waals surface area (Å²) in [6.45, 7) is 0. The van der Waals surface area contributed by atoms with Gasteiger partial charge in [-0.25, -0.2) is 4.98 Å². The fraction of sp³-hybridized carbons (Fsp3) is 0.111. The second-order valence-corrected chi connectivity index (χ2v) is 3.80. The molecule has 0 aliphatic rings. The van der Waals surface area contributed by atoms with Gasteiger partial charge in [0.05, 0.1) is 0 Å². The second-order valence-electron chi connectivity index (χ2n) is 3.46. The van der Waals surface area contributed by atoms with E-state index in [1.165, 1.54) is 17.3 Å². The van der Waals surface area contributed by atoms with E-state index in [0.29, 0.717) is 5.95 Å². The minimum Gasteiger partial charge on any atom is -0.387 e. The van der Waals surface area contributed by atoms with Gasteiger partial charge in [-0.05, 0) is 11.6 Å². The van der Waals surface area contributed by atoms with Crippen LogP contribution in [0.3, 0.4) is 0 Å². The number of rotatable bonds is 3. The van der Waals surface area contributed by atoms with E-state index in [1.54, 1.807) is 24.0 Å². The molecule has 3 rings (SSSR count). The van der Waals surface area contributed by atoms with Crippen LogP contribution in [0.15, 0.2) is 25.0 Å². The van der Waals surface area contributed by atoms with Crippen LogP contribution in [0, 0.1) is 0 Å². The molecule has 0 unspecified atom stereocenters. The molecular weight excluding hydrogens is 272 g/mol. The number of halogens is 1. The molecule has 0 fully saturated rings. The molecule has 0 aliphatic heterocycles. The first kappa shape index (κ1) is 11.5. The van der Waals surface area contributed by atoms with Crippen LogP contribution < -0.4 is 4.74 Å². The first-order valence-corrected chi connectivity index (χ1v) is 5.52. The molecule has 0 radical (unpaired) electrons. The van der Waals surface area contributed by atoms with Crippen molar-refractivity contribution in [3.05, 3.63) is 30.3 Å². The normalized spacial score (nSPS) is 10.6.